The Kier molecular flexibility index (Phi) is 8.97. The molecule has 33 heavy (non-hydrogen) atoms. The van der Waals surface area contributed by atoms with Crippen molar-refractivity contribution in [2.24, 2.45) is 5.92 Å². The van der Waals surface area contributed by atoms with E-state index in [0.717, 1.165) is 38.5 Å². The number of ether oxygens (including phenoxy) is 2. The zero-order valence-electron chi connectivity index (χ0n) is 20.0. The maximum Gasteiger partial charge on any atom is 0.258 e. The number of benzene rings is 1. The van der Waals surface area contributed by atoms with Crippen molar-refractivity contribution in [3.8, 4) is 11.5 Å². The molecule has 0 bridgehead atoms. The Morgan fingerprint density at radius 1 is 1.03 bits per heavy atom. The maximum atomic E-state index is 12.8. The molecule has 0 aromatic heterocycles. The van der Waals surface area contributed by atoms with E-state index in [-0.39, 0.29) is 36.4 Å². The predicted molar refractivity (Wildman–Crippen MR) is 125 cm³/mol. The molecule has 3 rings (SSSR count). The van der Waals surface area contributed by atoms with Crippen molar-refractivity contribution in [1.82, 2.24) is 15.5 Å². The molecule has 2 N–H and O–H groups in total. The summed E-state index contributed by atoms with van der Waals surface area (Å²) in [4.78, 5) is 39.3. The third-order valence-corrected chi connectivity index (χ3v) is 6.33. The molecular formula is C25H37N3O5. The summed E-state index contributed by atoms with van der Waals surface area (Å²) < 4.78 is 10.9. The first-order valence-electron chi connectivity index (χ1n) is 12.1. The smallest absolute Gasteiger partial charge is 0.258 e. The van der Waals surface area contributed by atoms with Crippen molar-refractivity contribution in [1.29, 1.82) is 0 Å². The van der Waals surface area contributed by atoms with Crippen LogP contribution in [0.5, 0.6) is 11.5 Å². The molecule has 3 amide bonds. The molecule has 1 aromatic carbocycles. The number of methoxy groups -OCH3 is 1. The van der Waals surface area contributed by atoms with Crippen LogP contribution in [0, 0.1) is 5.92 Å². The van der Waals surface area contributed by atoms with Gasteiger partial charge in [0, 0.05) is 36.7 Å². The van der Waals surface area contributed by atoms with Gasteiger partial charge in [0.25, 0.3) is 11.8 Å². The van der Waals surface area contributed by atoms with E-state index in [9.17, 15) is 14.4 Å². The first kappa shape index (κ1) is 24.9. The maximum absolute atomic E-state index is 12.8. The van der Waals surface area contributed by atoms with E-state index in [1.165, 1.54) is 13.5 Å². The number of carbonyl (C=O) groups is 3. The Morgan fingerprint density at radius 2 is 1.73 bits per heavy atom. The lowest BCUT2D eigenvalue weighted by molar-refractivity contribution is -0.137. The van der Waals surface area contributed by atoms with Gasteiger partial charge in [-0.15, -0.1) is 0 Å². The van der Waals surface area contributed by atoms with Gasteiger partial charge in [0.1, 0.15) is 0 Å². The SMILES string of the molecule is COc1cc(C(=O)NC2CCN(C(=O)C3CCCCC3)CC2)ccc1OCC(=O)NC(C)C. The number of hydrogen-bond acceptors (Lipinski definition) is 5. The van der Waals surface area contributed by atoms with E-state index in [1.54, 1.807) is 18.2 Å². The highest BCUT2D eigenvalue weighted by Crippen LogP contribution is 2.29. The van der Waals surface area contributed by atoms with E-state index in [2.05, 4.69) is 10.6 Å². The molecular weight excluding hydrogens is 422 g/mol. The van der Waals surface area contributed by atoms with Crippen LogP contribution in [0.3, 0.4) is 0 Å². The second kappa shape index (κ2) is 11.9. The van der Waals surface area contributed by atoms with Gasteiger partial charge in [-0.3, -0.25) is 14.4 Å². The molecule has 2 fully saturated rings. The second-order valence-corrected chi connectivity index (χ2v) is 9.28. The van der Waals surface area contributed by atoms with Gasteiger partial charge in [0.2, 0.25) is 5.91 Å². The fourth-order valence-electron chi connectivity index (χ4n) is 4.56. The van der Waals surface area contributed by atoms with Gasteiger partial charge < -0.3 is 25.0 Å². The number of amides is 3. The standard InChI is InChI=1S/C25H37N3O5/c1-17(2)26-23(29)16-33-21-10-9-19(15-22(21)32-3)24(30)27-20-11-13-28(14-12-20)25(31)18-7-5-4-6-8-18/h9-10,15,17-18,20H,4-8,11-14,16H2,1-3H3,(H,26,29)(H,27,30). The largest absolute Gasteiger partial charge is 0.493 e. The van der Waals surface area contributed by atoms with E-state index in [1.807, 2.05) is 18.7 Å². The number of nitrogens with one attached hydrogen (secondary N) is 2. The first-order valence-corrected chi connectivity index (χ1v) is 12.1. The van der Waals surface area contributed by atoms with Crippen LogP contribution < -0.4 is 20.1 Å². The molecule has 1 aliphatic heterocycles. The van der Waals surface area contributed by atoms with Gasteiger partial charge in [0.05, 0.1) is 7.11 Å². The number of carbonyl (C=O) groups excluding carboxylic acids is 3. The molecule has 182 valence electrons. The van der Waals surface area contributed by atoms with Gasteiger partial charge in [-0.2, -0.15) is 0 Å². The lowest BCUT2D eigenvalue weighted by atomic mass is 9.87. The van der Waals surface area contributed by atoms with Gasteiger partial charge >= 0.3 is 0 Å². The molecule has 1 aliphatic carbocycles. The molecule has 0 spiro atoms. The molecule has 1 saturated heterocycles. The highest BCUT2D eigenvalue weighted by atomic mass is 16.5. The number of piperidine rings is 1. The fourth-order valence-corrected chi connectivity index (χ4v) is 4.56. The van der Waals surface area contributed by atoms with E-state index >= 15 is 0 Å². The fraction of sp³-hybridized carbons (Fsp3) is 0.640. The molecule has 1 heterocycles. The second-order valence-electron chi connectivity index (χ2n) is 9.28. The summed E-state index contributed by atoms with van der Waals surface area (Å²) >= 11 is 0. The summed E-state index contributed by atoms with van der Waals surface area (Å²) in [5, 5.41) is 5.84. The Morgan fingerprint density at radius 3 is 2.36 bits per heavy atom. The van der Waals surface area contributed by atoms with Gasteiger partial charge in [-0.1, -0.05) is 19.3 Å². The molecule has 0 atom stereocenters. The van der Waals surface area contributed by atoms with Crippen LogP contribution in [0.25, 0.3) is 0 Å². The first-order chi connectivity index (χ1) is 15.9. The predicted octanol–water partition coefficient (Wildman–Crippen LogP) is 2.90. The van der Waals surface area contributed by atoms with Crippen LogP contribution in [0.1, 0.15) is 69.2 Å². The zero-order valence-corrected chi connectivity index (χ0v) is 20.0. The van der Waals surface area contributed by atoms with Crippen molar-refractivity contribution in [2.45, 2.75) is 70.9 Å². The van der Waals surface area contributed by atoms with Crippen molar-refractivity contribution >= 4 is 17.7 Å². The number of nitrogens with zero attached hydrogens (tertiary/aromatic N) is 1. The Bertz CT molecular complexity index is 827. The van der Waals surface area contributed by atoms with Crippen LogP contribution in [0.2, 0.25) is 0 Å². The highest BCUT2D eigenvalue weighted by Gasteiger charge is 2.29. The van der Waals surface area contributed by atoms with E-state index < -0.39 is 0 Å². The van der Waals surface area contributed by atoms with E-state index in [0.29, 0.717) is 36.1 Å². The summed E-state index contributed by atoms with van der Waals surface area (Å²) in [5.41, 5.74) is 0.464. The van der Waals surface area contributed by atoms with Crippen LogP contribution >= 0.6 is 0 Å². The average Bonchev–Trinajstić information content (AvgIpc) is 2.82. The van der Waals surface area contributed by atoms with Crippen molar-refractivity contribution < 1.29 is 23.9 Å². The Balaban J connectivity index is 1.50. The van der Waals surface area contributed by atoms with E-state index in [4.69, 9.17) is 9.47 Å². The van der Waals surface area contributed by atoms with Crippen molar-refractivity contribution in [3.05, 3.63) is 23.8 Å². The molecule has 8 nitrogen and oxygen atoms in total. The minimum atomic E-state index is -0.220. The lowest BCUT2D eigenvalue weighted by Crippen LogP contribution is -2.48. The number of hydrogen-bond donors (Lipinski definition) is 2. The summed E-state index contributed by atoms with van der Waals surface area (Å²) in [6.45, 7) is 5.01. The summed E-state index contributed by atoms with van der Waals surface area (Å²) in [5.74, 6) is 0.878. The topological polar surface area (TPSA) is 97.0 Å². The lowest BCUT2D eigenvalue weighted by Gasteiger charge is -2.35. The molecule has 0 unspecified atom stereocenters. The third-order valence-electron chi connectivity index (χ3n) is 6.33. The van der Waals surface area contributed by atoms with Gasteiger partial charge in [-0.25, -0.2) is 0 Å². The molecule has 8 heteroatoms. The molecule has 0 radical (unpaired) electrons. The van der Waals surface area contributed by atoms with Crippen molar-refractivity contribution in [3.63, 3.8) is 0 Å². The van der Waals surface area contributed by atoms with Crippen LogP contribution in [0.15, 0.2) is 18.2 Å². The summed E-state index contributed by atoms with van der Waals surface area (Å²) in [6, 6.07) is 4.99. The van der Waals surface area contributed by atoms with Crippen LogP contribution in [0.4, 0.5) is 0 Å². The Labute approximate surface area is 196 Å². The molecule has 2 aliphatic rings. The minimum Gasteiger partial charge on any atom is -0.493 e. The molecule has 1 saturated carbocycles. The van der Waals surface area contributed by atoms with Crippen molar-refractivity contribution in [2.75, 3.05) is 26.8 Å². The zero-order chi connectivity index (χ0) is 23.8. The number of likely N-dealkylation sites (tertiary alicyclic amines) is 1. The normalized spacial score (nSPS) is 17.5. The van der Waals surface area contributed by atoms with Gasteiger partial charge in [-0.05, 0) is 57.7 Å². The Hall–Kier alpha value is -2.77. The monoisotopic (exact) mass is 459 g/mol. The quantitative estimate of drug-likeness (QED) is 0.623. The highest BCUT2D eigenvalue weighted by molar-refractivity contribution is 5.95. The minimum absolute atomic E-state index is 0.0336. The van der Waals surface area contributed by atoms with Crippen LogP contribution in [-0.4, -0.2) is 61.5 Å². The van der Waals surface area contributed by atoms with Gasteiger partial charge in [0.15, 0.2) is 18.1 Å². The average molecular weight is 460 g/mol. The number of rotatable bonds is 8. The molecule has 1 aromatic rings. The van der Waals surface area contributed by atoms with Crippen LogP contribution in [-0.2, 0) is 9.59 Å². The summed E-state index contributed by atoms with van der Waals surface area (Å²) in [7, 11) is 1.50. The third kappa shape index (κ3) is 7.11. The summed E-state index contributed by atoms with van der Waals surface area (Å²) in [6.07, 6.45) is 7.09.